The van der Waals surface area contributed by atoms with Crippen molar-refractivity contribution in [2.75, 3.05) is 0 Å². The number of aromatic amines is 1. The number of H-pyrrole nitrogens is 1. The Morgan fingerprint density at radius 2 is 2.00 bits per heavy atom. The average molecular weight is 237 g/mol. The van der Waals surface area contributed by atoms with Crippen LogP contribution in [0.5, 0.6) is 0 Å². The summed E-state index contributed by atoms with van der Waals surface area (Å²) in [5.74, 6) is 0. The molecule has 0 unspecified atom stereocenters. The number of hydrogen-bond acceptors (Lipinski definition) is 2. The van der Waals surface area contributed by atoms with Crippen LogP contribution in [0, 0.1) is 6.92 Å². The van der Waals surface area contributed by atoms with Gasteiger partial charge in [0.1, 0.15) is 0 Å². The molecule has 0 aliphatic rings. The lowest BCUT2D eigenvalue weighted by atomic mass is 10.3. The number of hydrogen-bond donors (Lipinski definition) is 1. The van der Waals surface area contributed by atoms with Crippen LogP contribution in [0.15, 0.2) is 39.9 Å². The van der Waals surface area contributed by atoms with Gasteiger partial charge in [0, 0.05) is 16.8 Å². The molecule has 2 aromatic rings. The Morgan fingerprint density at radius 1 is 1.25 bits per heavy atom. The summed E-state index contributed by atoms with van der Waals surface area (Å²) in [5, 5.41) is 0.476. The summed E-state index contributed by atoms with van der Waals surface area (Å²) in [5.41, 5.74) is 0.155. The normalized spacial score (nSPS) is 10.4. The van der Waals surface area contributed by atoms with Crippen molar-refractivity contribution in [1.82, 2.24) is 9.55 Å². The molecule has 82 valence electrons. The maximum atomic E-state index is 11.7. The van der Waals surface area contributed by atoms with Gasteiger partial charge in [0.15, 0.2) is 0 Å². The molecule has 0 saturated carbocycles. The molecule has 5 heteroatoms. The van der Waals surface area contributed by atoms with Crippen LogP contribution in [0.25, 0.3) is 5.69 Å². The topological polar surface area (TPSA) is 54.9 Å². The van der Waals surface area contributed by atoms with Gasteiger partial charge in [-0.25, -0.2) is 9.36 Å². The highest BCUT2D eigenvalue weighted by atomic mass is 35.5. The number of rotatable bonds is 1. The monoisotopic (exact) mass is 236 g/mol. The zero-order valence-electron chi connectivity index (χ0n) is 8.53. The fraction of sp³-hybridized carbons (Fsp3) is 0.0909. The minimum atomic E-state index is -0.465. The summed E-state index contributed by atoms with van der Waals surface area (Å²) >= 11 is 5.80. The van der Waals surface area contributed by atoms with Crippen LogP contribution in [0.1, 0.15) is 5.69 Å². The molecule has 0 radical (unpaired) electrons. The first-order chi connectivity index (χ1) is 7.58. The van der Waals surface area contributed by atoms with Crippen molar-refractivity contribution in [3.8, 4) is 5.69 Å². The molecule has 0 spiro atoms. The fourth-order valence-corrected chi connectivity index (χ4v) is 1.65. The third-order valence-electron chi connectivity index (χ3n) is 2.13. The van der Waals surface area contributed by atoms with Gasteiger partial charge in [-0.15, -0.1) is 0 Å². The van der Waals surface area contributed by atoms with Crippen LogP contribution in [-0.4, -0.2) is 9.55 Å². The predicted molar refractivity (Wildman–Crippen MR) is 62.4 cm³/mol. The first-order valence-electron chi connectivity index (χ1n) is 4.67. The molecule has 0 amide bonds. The van der Waals surface area contributed by atoms with Crippen LogP contribution >= 0.6 is 11.6 Å². The van der Waals surface area contributed by atoms with Gasteiger partial charge >= 0.3 is 5.69 Å². The third kappa shape index (κ3) is 1.92. The minimum absolute atomic E-state index is 0.372. The number of aromatic nitrogens is 2. The van der Waals surface area contributed by atoms with Gasteiger partial charge < -0.3 is 4.98 Å². The van der Waals surface area contributed by atoms with Crippen LogP contribution in [0.4, 0.5) is 0 Å². The predicted octanol–water partition coefficient (Wildman–Crippen LogP) is 1.49. The Bertz CT molecular complexity index is 612. The molecule has 1 aromatic carbocycles. The van der Waals surface area contributed by atoms with E-state index in [0.29, 0.717) is 16.4 Å². The van der Waals surface area contributed by atoms with E-state index in [1.165, 1.54) is 6.07 Å². The highest BCUT2D eigenvalue weighted by Crippen LogP contribution is 2.11. The Labute approximate surface area is 96.1 Å². The van der Waals surface area contributed by atoms with E-state index in [-0.39, 0.29) is 5.56 Å². The highest BCUT2D eigenvalue weighted by molar-refractivity contribution is 6.30. The molecule has 1 aromatic heterocycles. The van der Waals surface area contributed by atoms with Gasteiger partial charge in [0.05, 0.1) is 5.69 Å². The lowest BCUT2D eigenvalue weighted by Crippen LogP contribution is -2.33. The van der Waals surface area contributed by atoms with Crippen LogP contribution in [0.2, 0.25) is 5.02 Å². The number of nitrogens with zero attached hydrogens (tertiary/aromatic N) is 1. The van der Waals surface area contributed by atoms with E-state index in [0.717, 1.165) is 4.57 Å². The zero-order valence-corrected chi connectivity index (χ0v) is 9.28. The SMILES string of the molecule is Cc1cc(=O)n(-c2cccc(Cl)c2)c(=O)[nH]1. The third-order valence-corrected chi connectivity index (χ3v) is 2.37. The Kier molecular flexibility index (Phi) is 2.66. The first-order valence-corrected chi connectivity index (χ1v) is 5.04. The van der Waals surface area contributed by atoms with Gasteiger partial charge in [-0.1, -0.05) is 17.7 Å². The molecule has 0 atom stereocenters. The Hall–Kier alpha value is -1.81. The second-order valence-corrected chi connectivity index (χ2v) is 3.85. The molecule has 4 nitrogen and oxygen atoms in total. The van der Waals surface area contributed by atoms with Crippen molar-refractivity contribution < 1.29 is 0 Å². The van der Waals surface area contributed by atoms with Crippen LogP contribution in [-0.2, 0) is 0 Å². The summed E-state index contributed by atoms with van der Waals surface area (Å²) in [6, 6.07) is 7.94. The summed E-state index contributed by atoms with van der Waals surface area (Å²) < 4.78 is 1.04. The molecule has 2 rings (SSSR count). The second kappa shape index (κ2) is 3.98. The summed E-state index contributed by atoms with van der Waals surface area (Å²) in [4.78, 5) is 25.9. The van der Waals surface area contributed by atoms with E-state index in [9.17, 15) is 9.59 Å². The number of halogens is 1. The van der Waals surface area contributed by atoms with Crippen molar-refractivity contribution in [3.63, 3.8) is 0 Å². The van der Waals surface area contributed by atoms with Crippen LogP contribution in [0.3, 0.4) is 0 Å². The first kappa shape index (κ1) is 10.7. The smallest absolute Gasteiger partial charge is 0.311 e. The minimum Gasteiger partial charge on any atom is -0.311 e. The number of benzene rings is 1. The average Bonchev–Trinajstić information content (AvgIpc) is 2.15. The van der Waals surface area contributed by atoms with E-state index in [4.69, 9.17) is 11.6 Å². The molecular weight excluding hydrogens is 228 g/mol. The van der Waals surface area contributed by atoms with Gasteiger partial charge in [0.2, 0.25) is 0 Å². The molecule has 0 saturated heterocycles. The lowest BCUT2D eigenvalue weighted by Gasteiger charge is -2.04. The maximum Gasteiger partial charge on any atom is 0.333 e. The fourth-order valence-electron chi connectivity index (χ4n) is 1.47. The second-order valence-electron chi connectivity index (χ2n) is 3.41. The van der Waals surface area contributed by atoms with Gasteiger partial charge in [0.25, 0.3) is 5.56 Å². The van der Waals surface area contributed by atoms with Crippen molar-refractivity contribution >= 4 is 11.6 Å². The molecule has 0 aliphatic heterocycles. The molecule has 16 heavy (non-hydrogen) atoms. The summed E-state index contributed by atoms with van der Waals surface area (Å²) in [6.07, 6.45) is 0. The van der Waals surface area contributed by atoms with Crippen molar-refractivity contribution in [2.24, 2.45) is 0 Å². The Morgan fingerprint density at radius 3 is 2.62 bits per heavy atom. The zero-order chi connectivity index (χ0) is 11.7. The molecule has 1 N–H and O–H groups in total. The van der Waals surface area contributed by atoms with Gasteiger partial charge in [-0.05, 0) is 25.1 Å². The van der Waals surface area contributed by atoms with Gasteiger partial charge in [-0.2, -0.15) is 0 Å². The van der Waals surface area contributed by atoms with Crippen molar-refractivity contribution in [1.29, 1.82) is 0 Å². The molecule has 0 bridgehead atoms. The van der Waals surface area contributed by atoms with Crippen molar-refractivity contribution in [3.05, 3.63) is 61.9 Å². The van der Waals surface area contributed by atoms with E-state index in [1.807, 2.05) is 0 Å². The van der Waals surface area contributed by atoms with E-state index in [1.54, 1.807) is 31.2 Å². The van der Waals surface area contributed by atoms with E-state index >= 15 is 0 Å². The Balaban J connectivity index is 2.75. The quantitative estimate of drug-likeness (QED) is 0.816. The van der Waals surface area contributed by atoms with Gasteiger partial charge in [-0.3, -0.25) is 4.79 Å². The molecule has 0 aliphatic carbocycles. The largest absolute Gasteiger partial charge is 0.333 e. The summed E-state index contributed by atoms with van der Waals surface area (Å²) in [7, 11) is 0. The van der Waals surface area contributed by atoms with Crippen LogP contribution < -0.4 is 11.2 Å². The lowest BCUT2D eigenvalue weighted by molar-refractivity contribution is 0.858. The molecule has 1 heterocycles. The van der Waals surface area contributed by atoms with E-state index in [2.05, 4.69) is 4.98 Å². The summed E-state index contributed by atoms with van der Waals surface area (Å²) in [6.45, 7) is 1.66. The van der Waals surface area contributed by atoms with E-state index < -0.39 is 5.69 Å². The standard InChI is InChI=1S/C11H9ClN2O2/c1-7-5-10(15)14(11(16)13-7)9-4-2-3-8(12)6-9/h2-6H,1H3,(H,13,16). The van der Waals surface area contributed by atoms with Crippen molar-refractivity contribution in [2.45, 2.75) is 6.92 Å². The number of nitrogens with one attached hydrogen (secondary N) is 1. The molecule has 0 fully saturated rings. The highest BCUT2D eigenvalue weighted by Gasteiger charge is 2.04. The maximum absolute atomic E-state index is 11.7. The number of aryl methyl sites for hydroxylation is 1. The molecular formula is C11H9ClN2O2.